The number of aldehydes is 1. The number of aliphatic hydroxyl groups is 8. The summed E-state index contributed by atoms with van der Waals surface area (Å²) in [7, 11) is 0. The average Bonchev–Trinajstić information content (AvgIpc) is 2.50. The summed E-state index contributed by atoms with van der Waals surface area (Å²) in [6, 6.07) is 0. The van der Waals surface area contributed by atoms with Gasteiger partial charge in [-0.25, -0.2) is 4.79 Å². The Bertz CT molecular complexity index is 297. The molecule has 0 radical (unpaired) electrons. The SMILES string of the molecule is O=C(O)[C@H](O)[C@@H](O)[C@@H](O)[C@H](O)CO.O=C[C@H](O)[C@H](O)CO. The van der Waals surface area contributed by atoms with Gasteiger partial charge < -0.3 is 50.8 Å². The van der Waals surface area contributed by atoms with E-state index in [1.54, 1.807) is 0 Å². The maximum atomic E-state index is 10.1. The first-order valence-corrected chi connectivity index (χ1v) is 5.62. The number of aliphatic hydroxyl groups excluding tert-OH is 8. The highest BCUT2D eigenvalue weighted by atomic mass is 16.4. The van der Waals surface area contributed by atoms with Crippen LogP contribution >= 0.6 is 0 Å². The van der Waals surface area contributed by atoms with E-state index in [-0.39, 0.29) is 6.29 Å². The van der Waals surface area contributed by atoms with Crippen molar-refractivity contribution in [2.24, 2.45) is 0 Å². The zero-order valence-corrected chi connectivity index (χ0v) is 10.8. The molecule has 0 aromatic carbocycles. The Kier molecular flexibility index (Phi) is 12.1. The zero-order valence-electron chi connectivity index (χ0n) is 10.8. The van der Waals surface area contributed by atoms with Gasteiger partial charge in [-0.3, -0.25) is 0 Å². The minimum Gasteiger partial charge on any atom is -0.479 e. The lowest BCUT2D eigenvalue weighted by atomic mass is 10.0. The van der Waals surface area contributed by atoms with E-state index in [1.807, 2.05) is 0 Å². The number of aliphatic carboxylic acids is 1. The number of hydrogen-bond acceptors (Lipinski definition) is 10. The summed E-state index contributed by atoms with van der Waals surface area (Å²) < 4.78 is 0. The fourth-order valence-electron chi connectivity index (χ4n) is 0.867. The maximum Gasteiger partial charge on any atom is 0.335 e. The Balaban J connectivity index is 0. The van der Waals surface area contributed by atoms with Gasteiger partial charge in [-0.2, -0.15) is 0 Å². The molecule has 11 nitrogen and oxygen atoms in total. The van der Waals surface area contributed by atoms with E-state index in [4.69, 9.17) is 46.0 Å². The number of hydrogen-bond donors (Lipinski definition) is 9. The van der Waals surface area contributed by atoms with Crippen LogP contribution in [-0.2, 0) is 9.59 Å². The molecule has 0 heterocycles. The molecule has 0 amide bonds. The molecule has 0 saturated carbocycles. The Morgan fingerprint density at radius 1 is 0.857 bits per heavy atom. The van der Waals surface area contributed by atoms with Crippen molar-refractivity contribution in [2.45, 2.75) is 36.6 Å². The molecule has 0 saturated heterocycles. The zero-order chi connectivity index (χ0) is 17.2. The molecule has 0 aromatic heterocycles. The van der Waals surface area contributed by atoms with Gasteiger partial charge in [0.25, 0.3) is 0 Å². The van der Waals surface area contributed by atoms with Crippen molar-refractivity contribution in [1.82, 2.24) is 0 Å². The van der Waals surface area contributed by atoms with Crippen LogP contribution in [0.15, 0.2) is 0 Å². The van der Waals surface area contributed by atoms with Gasteiger partial charge in [-0.1, -0.05) is 0 Å². The van der Waals surface area contributed by atoms with Crippen LogP contribution in [0.3, 0.4) is 0 Å². The van der Waals surface area contributed by atoms with E-state index in [2.05, 4.69) is 0 Å². The van der Waals surface area contributed by atoms with Crippen LogP contribution in [0.25, 0.3) is 0 Å². The third kappa shape index (κ3) is 8.64. The number of carbonyl (C=O) groups excluding carboxylic acids is 1. The molecule has 0 bridgehead atoms. The van der Waals surface area contributed by atoms with Gasteiger partial charge in [-0.05, 0) is 0 Å². The van der Waals surface area contributed by atoms with Gasteiger partial charge in [0.15, 0.2) is 12.4 Å². The first kappa shape index (κ1) is 22.1. The Morgan fingerprint density at radius 3 is 1.52 bits per heavy atom. The smallest absolute Gasteiger partial charge is 0.335 e. The molecule has 0 aliphatic heterocycles. The van der Waals surface area contributed by atoms with E-state index in [0.29, 0.717) is 0 Å². The minimum absolute atomic E-state index is 0.168. The van der Waals surface area contributed by atoms with Crippen LogP contribution in [0.1, 0.15) is 0 Å². The number of carboxylic acid groups (broad SMARTS) is 1. The summed E-state index contributed by atoms with van der Waals surface area (Å²) >= 11 is 0. The monoisotopic (exact) mass is 316 g/mol. The summed E-state index contributed by atoms with van der Waals surface area (Å²) in [5, 5.41) is 76.6. The highest BCUT2D eigenvalue weighted by Crippen LogP contribution is 2.04. The molecule has 6 atom stereocenters. The van der Waals surface area contributed by atoms with E-state index in [0.717, 1.165) is 0 Å². The van der Waals surface area contributed by atoms with Gasteiger partial charge in [0.1, 0.15) is 30.5 Å². The molecular formula is C10H20O11. The quantitative estimate of drug-likeness (QED) is 0.192. The standard InChI is InChI=1S/C6H12O7.C4H8O4/c7-1-2(8)3(9)4(10)5(11)6(12)13;5-1-3(7)4(8)2-6/h2-5,7-11H,1H2,(H,12,13);1,3-4,6-8H,2H2/t2-,3+,4+,5-;3-,4+/m10/s1. The Hall–Kier alpha value is -1.18. The van der Waals surface area contributed by atoms with Gasteiger partial charge in [-0.15, -0.1) is 0 Å². The fourth-order valence-corrected chi connectivity index (χ4v) is 0.867. The molecule has 11 heteroatoms. The highest BCUT2D eigenvalue weighted by Gasteiger charge is 2.33. The molecule has 0 unspecified atom stereocenters. The van der Waals surface area contributed by atoms with E-state index in [1.165, 1.54) is 0 Å². The first-order chi connectivity index (χ1) is 9.63. The second-order valence-corrected chi connectivity index (χ2v) is 3.89. The molecule has 0 aromatic rings. The van der Waals surface area contributed by atoms with Crippen LogP contribution in [0.2, 0.25) is 0 Å². The van der Waals surface area contributed by atoms with E-state index >= 15 is 0 Å². The third-order valence-electron chi connectivity index (χ3n) is 2.23. The molecular weight excluding hydrogens is 296 g/mol. The van der Waals surface area contributed by atoms with E-state index in [9.17, 15) is 9.59 Å². The normalized spacial score (nSPS) is 19.2. The topological polar surface area (TPSA) is 216 Å². The van der Waals surface area contributed by atoms with Crippen molar-refractivity contribution < 1.29 is 55.5 Å². The van der Waals surface area contributed by atoms with Crippen LogP contribution in [0.4, 0.5) is 0 Å². The fraction of sp³-hybridized carbons (Fsp3) is 0.800. The molecule has 0 spiro atoms. The van der Waals surface area contributed by atoms with Crippen LogP contribution < -0.4 is 0 Å². The molecule has 9 N–H and O–H groups in total. The van der Waals surface area contributed by atoms with Crippen molar-refractivity contribution in [3.05, 3.63) is 0 Å². The van der Waals surface area contributed by atoms with Gasteiger partial charge in [0.2, 0.25) is 0 Å². The van der Waals surface area contributed by atoms with Gasteiger partial charge in [0, 0.05) is 0 Å². The third-order valence-corrected chi connectivity index (χ3v) is 2.23. The molecule has 0 aliphatic rings. The first-order valence-electron chi connectivity index (χ1n) is 5.62. The van der Waals surface area contributed by atoms with Crippen LogP contribution in [-0.4, -0.2) is 108 Å². The molecule has 0 rings (SSSR count). The lowest BCUT2D eigenvalue weighted by molar-refractivity contribution is -0.164. The van der Waals surface area contributed by atoms with Crippen molar-refractivity contribution in [1.29, 1.82) is 0 Å². The molecule has 126 valence electrons. The van der Waals surface area contributed by atoms with Crippen molar-refractivity contribution in [3.63, 3.8) is 0 Å². The van der Waals surface area contributed by atoms with E-state index < -0.39 is 55.8 Å². The highest BCUT2D eigenvalue weighted by molar-refractivity contribution is 5.72. The second-order valence-electron chi connectivity index (χ2n) is 3.89. The summed E-state index contributed by atoms with van der Waals surface area (Å²) in [6.07, 6.45) is -10.5. The maximum absolute atomic E-state index is 10.1. The van der Waals surface area contributed by atoms with Crippen molar-refractivity contribution in [2.75, 3.05) is 13.2 Å². The molecule has 0 fully saturated rings. The molecule has 21 heavy (non-hydrogen) atoms. The van der Waals surface area contributed by atoms with Gasteiger partial charge >= 0.3 is 5.97 Å². The number of rotatable bonds is 8. The van der Waals surface area contributed by atoms with Crippen molar-refractivity contribution >= 4 is 12.3 Å². The lowest BCUT2D eigenvalue weighted by Gasteiger charge is -2.23. The Labute approximate surface area is 119 Å². The molecule has 0 aliphatic carbocycles. The van der Waals surface area contributed by atoms with Crippen molar-refractivity contribution in [3.8, 4) is 0 Å². The summed E-state index contributed by atoms with van der Waals surface area (Å²) in [5.41, 5.74) is 0. The second kappa shape index (κ2) is 11.5. The van der Waals surface area contributed by atoms with Gasteiger partial charge in [0.05, 0.1) is 13.2 Å². The summed E-state index contributed by atoms with van der Waals surface area (Å²) in [4.78, 5) is 19.7. The minimum atomic E-state index is -2.20. The predicted molar refractivity (Wildman–Crippen MR) is 63.9 cm³/mol. The van der Waals surface area contributed by atoms with Crippen LogP contribution in [0, 0.1) is 0 Å². The predicted octanol–water partition coefficient (Wildman–Crippen LogP) is -5.59. The number of carbonyl (C=O) groups is 2. The summed E-state index contributed by atoms with van der Waals surface area (Å²) in [5.74, 6) is -1.73. The van der Waals surface area contributed by atoms with Crippen LogP contribution in [0.5, 0.6) is 0 Å². The summed E-state index contributed by atoms with van der Waals surface area (Å²) in [6.45, 7) is -1.44. The lowest BCUT2D eigenvalue weighted by Crippen LogP contribution is -2.48. The largest absolute Gasteiger partial charge is 0.479 e. The average molecular weight is 316 g/mol. The number of carboxylic acids is 1. The Morgan fingerprint density at radius 2 is 1.29 bits per heavy atom.